The van der Waals surface area contributed by atoms with E-state index in [0.29, 0.717) is 12.1 Å². The lowest BCUT2D eigenvalue weighted by molar-refractivity contribution is 0.479. The number of hydrogen-bond donors (Lipinski definition) is 1. The van der Waals surface area contributed by atoms with Crippen LogP contribution in [0.1, 0.15) is 31.2 Å². The lowest BCUT2D eigenvalue weighted by atomic mass is 10.2. The lowest BCUT2D eigenvalue weighted by Crippen LogP contribution is -2.32. The fourth-order valence-corrected chi connectivity index (χ4v) is 3.29. The second-order valence-corrected chi connectivity index (χ2v) is 6.25. The molecule has 1 aromatic heterocycles. The van der Waals surface area contributed by atoms with E-state index in [4.69, 9.17) is 11.6 Å². The molecule has 0 aromatic carbocycles. The van der Waals surface area contributed by atoms with Crippen molar-refractivity contribution < 1.29 is 0 Å². The molecule has 1 heterocycles. The highest BCUT2D eigenvalue weighted by Crippen LogP contribution is 2.27. The fraction of sp³-hybridized carbons (Fsp3) is 0.636. The molecule has 86 valence electrons. The van der Waals surface area contributed by atoms with Gasteiger partial charge < -0.3 is 5.32 Å². The first-order valence-corrected chi connectivity index (χ1v) is 7.76. The van der Waals surface area contributed by atoms with Gasteiger partial charge in [0.2, 0.25) is 0 Å². The van der Waals surface area contributed by atoms with Crippen molar-refractivity contribution in [3.05, 3.63) is 21.3 Å². The number of rotatable bonds is 6. The smallest absolute Gasteiger partial charge is 0.0931 e. The van der Waals surface area contributed by atoms with Gasteiger partial charge in [0.1, 0.15) is 0 Å². The van der Waals surface area contributed by atoms with Gasteiger partial charge in [-0.2, -0.15) is 11.8 Å². The van der Waals surface area contributed by atoms with Crippen molar-refractivity contribution in [1.82, 2.24) is 5.32 Å². The first-order valence-electron chi connectivity index (χ1n) is 5.17. The Bertz CT molecular complexity index is 288. The summed E-state index contributed by atoms with van der Waals surface area (Å²) < 4.78 is 0.872. The quantitative estimate of drug-likeness (QED) is 0.826. The Morgan fingerprint density at radius 1 is 1.53 bits per heavy atom. The van der Waals surface area contributed by atoms with Crippen molar-refractivity contribution in [3.8, 4) is 0 Å². The van der Waals surface area contributed by atoms with E-state index in [1.165, 1.54) is 17.1 Å². The molecule has 0 amide bonds. The normalized spacial score (nSPS) is 15.2. The summed E-state index contributed by atoms with van der Waals surface area (Å²) in [6.07, 6.45) is 3.32. The van der Waals surface area contributed by atoms with Crippen LogP contribution in [0.5, 0.6) is 0 Å². The summed E-state index contributed by atoms with van der Waals surface area (Å²) in [7, 11) is 0. The number of thioether (sulfide) groups is 1. The largest absolute Gasteiger partial charge is 0.306 e. The highest BCUT2D eigenvalue weighted by molar-refractivity contribution is 7.98. The van der Waals surface area contributed by atoms with Crippen molar-refractivity contribution in [1.29, 1.82) is 0 Å². The zero-order chi connectivity index (χ0) is 11.3. The van der Waals surface area contributed by atoms with Crippen LogP contribution in [0.4, 0.5) is 0 Å². The van der Waals surface area contributed by atoms with Gasteiger partial charge in [0.05, 0.1) is 4.34 Å². The molecule has 0 aliphatic rings. The molecule has 0 aliphatic carbocycles. The third kappa shape index (κ3) is 4.35. The predicted octanol–water partition coefficient (Wildman–Crippen LogP) is 4.19. The Morgan fingerprint density at radius 2 is 2.27 bits per heavy atom. The van der Waals surface area contributed by atoms with E-state index < -0.39 is 0 Å². The lowest BCUT2D eigenvalue weighted by Gasteiger charge is -2.20. The molecule has 0 fully saturated rings. The SMILES string of the molecule is CCC(CSC)NC(C)c1ccc(Cl)s1. The van der Waals surface area contributed by atoms with Crippen LogP contribution in [0.2, 0.25) is 4.34 Å². The Balaban J connectivity index is 2.50. The van der Waals surface area contributed by atoms with Crippen LogP contribution in [-0.2, 0) is 0 Å². The third-order valence-electron chi connectivity index (χ3n) is 2.37. The summed E-state index contributed by atoms with van der Waals surface area (Å²) in [5.41, 5.74) is 0. The van der Waals surface area contributed by atoms with Gasteiger partial charge in [0.25, 0.3) is 0 Å². The Morgan fingerprint density at radius 3 is 2.73 bits per heavy atom. The monoisotopic (exact) mass is 263 g/mol. The third-order valence-corrected chi connectivity index (χ3v) is 4.52. The maximum atomic E-state index is 5.92. The van der Waals surface area contributed by atoms with E-state index in [2.05, 4.69) is 31.5 Å². The van der Waals surface area contributed by atoms with Crippen molar-refractivity contribution >= 4 is 34.7 Å². The molecule has 0 radical (unpaired) electrons. The van der Waals surface area contributed by atoms with Gasteiger partial charge in [-0.25, -0.2) is 0 Å². The zero-order valence-electron chi connectivity index (χ0n) is 9.42. The highest BCUT2D eigenvalue weighted by atomic mass is 35.5. The van der Waals surface area contributed by atoms with Crippen molar-refractivity contribution in [2.24, 2.45) is 0 Å². The van der Waals surface area contributed by atoms with Crippen LogP contribution in [0, 0.1) is 0 Å². The van der Waals surface area contributed by atoms with E-state index in [0.717, 1.165) is 4.34 Å². The zero-order valence-corrected chi connectivity index (χ0v) is 11.8. The van der Waals surface area contributed by atoms with Crippen LogP contribution >= 0.6 is 34.7 Å². The van der Waals surface area contributed by atoms with Crippen molar-refractivity contribution in [3.63, 3.8) is 0 Å². The number of hydrogen-bond acceptors (Lipinski definition) is 3. The van der Waals surface area contributed by atoms with E-state index in [9.17, 15) is 0 Å². The first kappa shape index (κ1) is 13.4. The van der Waals surface area contributed by atoms with Crippen LogP contribution < -0.4 is 5.32 Å². The molecule has 0 bridgehead atoms. The van der Waals surface area contributed by atoms with Crippen LogP contribution in [0.15, 0.2) is 12.1 Å². The molecule has 0 aliphatic heterocycles. The molecule has 1 nitrogen and oxygen atoms in total. The molecule has 2 unspecified atom stereocenters. The predicted molar refractivity (Wildman–Crippen MR) is 73.3 cm³/mol. The first-order chi connectivity index (χ1) is 7.17. The van der Waals surface area contributed by atoms with E-state index in [-0.39, 0.29) is 0 Å². The average Bonchev–Trinajstić information content (AvgIpc) is 2.64. The van der Waals surface area contributed by atoms with Crippen LogP contribution in [0.3, 0.4) is 0 Å². The fourth-order valence-electron chi connectivity index (χ4n) is 1.48. The second kappa shape index (κ2) is 6.79. The minimum absolute atomic E-state index is 0.402. The number of thiophene rings is 1. The molecule has 2 atom stereocenters. The van der Waals surface area contributed by atoms with Crippen molar-refractivity contribution in [2.75, 3.05) is 12.0 Å². The van der Waals surface area contributed by atoms with Gasteiger partial charge in [0, 0.05) is 22.7 Å². The van der Waals surface area contributed by atoms with E-state index in [1.807, 2.05) is 17.8 Å². The Hall–Kier alpha value is 0.300. The molecule has 1 N–H and O–H groups in total. The molecule has 0 saturated heterocycles. The molecule has 15 heavy (non-hydrogen) atoms. The Kier molecular flexibility index (Phi) is 6.05. The summed E-state index contributed by atoms with van der Waals surface area (Å²) in [6.45, 7) is 4.42. The molecular weight excluding hydrogens is 246 g/mol. The standard InChI is InChI=1S/C11H18ClNS2/c1-4-9(7-14-3)13-8(2)10-5-6-11(12)15-10/h5-6,8-9,13H,4,7H2,1-3H3. The Labute approximate surface area is 106 Å². The van der Waals surface area contributed by atoms with Gasteiger partial charge in [-0.05, 0) is 31.7 Å². The summed E-state index contributed by atoms with van der Waals surface area (Å²) in [5.74, 6) is 1.17. The van der Waals surface area contributed by atoms with Gasteiger partial charge in [-0.15, -0.1) is 11.3 Å². The minimum Gasteiger partial charge on any atom is -0.306 e. The second-order valence-electron chi connectivity index (χ2n) is 3.59. The van der Waals surface area contributed by atoms with Gasteiger partial charge in [-0.1, -0.05) is 18.5 Å². The maximum absolute atomic E-state index is 5.92. The van der Waals surface area contributed by atoms with E-state index in [1.54, 1.807) is 11.3 Å². The minimum atomic E-state index is 0.402. The summed E-state index contributed by atoms with van der Waals surface area (Å²) in [5, 5.41) is 3.63. The number of nitrogens with one attached hydrogen (secondary N) is 1. The molecule has 0 spiro atoms. The van der Waals surface area contributed by atoms with Crippen molar-refractivity contribution in [2.45, 2.75) is 32.4 Å². The summed E-state index contributed by atoms with van der Waals surface area (Å²) in [4.78, 5) is 1.32. The van der Waals surface area contributed by atoms with E-state index >= 15 is 0 Å². The molecule has 1 rings (SSSR count). The average molecular weight is 264 g/mol. The van der Waals surface area contributed by atoms with Crippen LogP contribution in [-0.4, -0.2) is 18.1 Å². The topological polar surface area (TPSA) is 12.0 Å². The van der Waals surface area contributed by atoms with Gasteiger partial charge >= 0.3 is 0 Å². The molecular formula is C11H18ClNS2. The summed E-state index contributed by atoms with van der Waals surface area (Å²) in [6, 6.07) is 5.07. The molecule has 1 aromatic rings. The van der Waals surface area contributed by atoms with Gasteiger partial charge in [-0.3, -0.25) is 0 Å². The number of halogens is 1. The summed E-state index contributed by atoms with van der Waals surface area (Å²) >= 11 is 9.48. The highest BCUT2D eigenvalue weighted by Gasteiger charge is 2.12. The maximum Gasteiger partial charge on any atom is 0.0931 e. The molecule has 0 saturated carbocycles. The van der Waals surface area contributed by atoms with Gasteiger partial charge in [0.15, 0.2) is 0 Å². The molecule has 4 heteroatoms. The van der Waals surface area contributed by atoms with Crippen LogP contribution in [0.25, 0.3) is 0 Å².